The predicted octanol–water partition coefficient (Wildman–Crippen LogP) is 4.77. The van der Waals surface area contributed by atoms with E-state index in [9.17, 15) is 0 Å². The summed E-state index contributed by atoms with van der Waals surface area (Å²) in [6.07, 6.45) is 6.56. The van der Waals surface area contributed by atoms with Crippen molar-refractivity contribution in [1.29, 1.82) is 0 Å². The highest BCUT2D eigenvalue weighted by Gasteiger charge is 2.37. The van der Waals surface area contributed by atoms with Gasteiger partial charge in [0.25, 0.3) is 0 Å². The first-order valence-corrected chi connectivity index (χ1v) is 13.0. The van der Waals surface area contributed by atoms with Crippen molar-refractivity contribution in [1.82, 2.24) is 24.3 Å². The lowest BCUT2D eigenvalue weighted by Crippen LogP contribution is -2.40. The Hall–Kier alpha value is -1.99. The molecule has 0 N–H and O–H groups in total. The molecule has 1 fully saturated rings. The van der Waals surface area contributed by atoms with Crippen molar-refractivity contribution in [2.24, 2.45) is 14.1 Å². The molecular weight excluding hydrogens is 366 g/mol. The third-order valence-corrected chi connectivity index (χ3v) is 10.8. The summed E-state index contributed by atoms with van der Waals surface area (Å²) in [5, 5.41) is 5.69. The Bertz CT molecular complexity index is 1020. The van der Waals surface area contributed by atoms with Crippen molar-refractivity contribution in [2.75, 3.05) is 0 Å². The first-order valence-electron chi connectivity index (χ1n) is 10.1. The van der Waals surface area contributed by atoms with Crippen LogP contribution < -0.4 is 0 Å². The zero-order chi connectivity index (χ0) is 20.3. The topological polar surface area (TPSA) is 57.8 Å². The Labute approximate surface area is 168 Å². The molecule has 0 bridgehead atoms. The molecule has 150 valence electrons. The van der Waals surface area contributed by atoms with Crippen LogP contribution in [0.5, 0.6) is 0 Å². The smallest absolute Gasteiger partial charge is 0.192 e. The van der Waals surface area contributed by atoms with Crippen molar-refractivity contribution in [3.05, 3.63) is 29.8 Å². The van der Waals surface area contributed by atoms with E-state index in [2.05, 4.69) is 56.6 Å². The van der Waals surface area contributed by atoms with Gasteiger partial charge in [0, 0.05) is 49.1 Å². The van der Waals surface area contributed by atoms with Gasteiger partial charge in [0.1, 0.15) is 5.82 Å². The summed E-state index contributed by atoms with van der Waals surface area (Å²) in [4.78, 5) is 9.65. The van der Waals surface area contributed by atoms with Crippen molar-refractivity contribution in [3.63, 3.8) is 0 Å². The second kappa shape index (κ2) is 6.52. The fraction of sp³-hybridized carbons (Fsp3) is 0.571. The molecule has 7 heteroatoms. The summed E-state index contributed by atoms with van der Waals surface area (Å²) in [7, 11) is 2.16. The minimum Gasteiger partial charge on any atom is -0.411 e. The first kappa shape index (κ1) is 19.3. The van der Waals surface area contributed by atoms with Crippen molar-refractivity contribution < 1.29 is 4.43 Å². The maximum atomic E-state index is 6.51. The number of hydrogen-bond acceptors (Lipinski definition) is 4. The van der Waals surface area contributed by atoms with Crippen LogP contribution in [0.1, 0.15) is 50.9 Å². The molecule has 0 unspecified atom stereocenters. The molecule has 3 aromatic rings. The Morgan fingerprint density at radius 1 is 1.21 bits per heavy atom. The molecule has 28 heavy (non-hydrogen) atoms. The van der Waals surface area contributed by atoms with E-state index in [0.29, 0.717) is 12.5 Å². The normalized spacial score (nSPS) is 15.5. The lowest BCUT2D eigenvalue weighted by Gasteiger charge is -2.36. The molecule has 1 aliphatic carbocycles. The van der Waals surface area contributed by atoms with E-state index in [-0.39, 0.29) is 5.04 Å². The Morgan fingerprint density at radius 2 is 1.93 bits per heavy atom. The second-order valence-corrected chi connectivity index (χ2v) is 14.4. The van der Waals surface area contributed by atoms with Crippen LogP contribution in [-0.4, -0.2) is 32.6 Å². The largest absolute Gasteiger partial charge is 0.411 e. The third-order valence-electron chi connectivity index (χ3n) is 6.32. The van der Waals surface area contributed by atoms with E-state index < -0.39 is 8.32 Å². The van der Waals surface area contributed by atoms with Gasteiger partial charge in [-0.15, -0.1) is 0 Å². The van der Waals surface area contributed by atoms with Gasteiger partial charge in [-0.25, -0.2) is 9.97 Å². The molecular formula is C21H31N5OSi. The van der Waals surface area contributed by atoms with E-state index in [4.69, 9.17) is 14.4 Å². The number of rotatable bonds is 5. The van der Waals surface area contributed by atoms with E-state index in [1.165, 1.54) is 18.5 Å². The fourth-order valence-electron chi connectivity index (χ4n) is 3.31. The number of aryl methyl sites for hydroxylation is 1. The van der Waals surface area contributed by atoms with Gasteiger partial charge in [0.15, 0.2) is 14.0 Å². The zero-order valence-corrected chi connectivity index (χ0v) is 19.1. The maximum Gasteiger partial charge on any atom is 0.192 e. The van der Waals surface area contributed by atoms with Crippen molar-refractivity contribution in [3.8, 4) is 11.4 Å². The minimum absolute atomic E-state index is 0.157. The number of aromatic nitrogens is 5. The van der Waals surface area contributed by atoms with Crippen LogP contribution in [0.3, 0.4) is 0 Å². The van der Waals surface area contributed by atoms with Gasteiger partial charge in [0.2, 0.25) is 0 Å². The molecule has 0 spiro atoms. The summed E-state index contributed by atoms with van der Waals surface area (Å²) in [5.74, 6) is 1.63. The highest BCUT2D eigenvalue weighted by atomic mass is 28.4. The number of fused-ring (bicyclic) bond motifs is 1. The van der Waals surface area contributed by atoms with Crippen LogP contribution in [0.25, 0.3) is 22.4 Å². The van der Waals surface area contributed by atoms with Crippen LogP contribution in [0.4, 0.5) is 0 Å². The van der Waals surface area contributed by atoms with Gasteiger partial charge in [-0.1, -0.05) is 20.8 Å². The summed E-state index contributed by atoms with van der Waals surface area (Å²) in [6.45, 7) is 11.8. The van der Waals surface area contributed by atoms with Crippen LogP contribution in [0, 0.1) is 0 Å². The molecule has 3 aromatic heterocycles. The fourth-order valence-corrected chi connectivity index (χ4v) is 4.24. The average Bonchev–Trinajstić information content (AvgIpc) is 3.26. The van der Waals surface area contributed by atoms with E-state index >= 15 is 0 Å². The average molecular weight is 398 g/mol. The van der Waals surface area contributed by atoms with Crippen LogP contribution in [-0.2, 0) is 25.1 Å². The summed E-state index contributed by atoms with van der Waals surface area (Å²) < 4.78 is 10.6. The van der Waals surface area contributed by atoms with Crippen LogP contribution in [0.15, 0.2) is 18.5 Å². The molecule has 1 saturated carbocycles. The molecule has 6 nitrogen and oxygen atoms in total. The van der Waals surface area contributed by atoms with Gasteiger partial charge < -0.3 is 8.99 Å². The molecule has 0 aliphatic heterocycles. The van der Waals surface area contributed by atoms with E-state index in [1.54, 1.807) is 0 Å². The zero-order valence-electron chi connectivity index (χ0n) is 18.1. The highest BCUT2D eigenvalue weighted by Crippen LogP contribution is 2.41. The minimum atomic E-state index is -1.88. The Kier molecular flexibility index (Phi) is 4.50. The van der Waals surface area contributed by atoms with Crippen LogP contribution in [0.2, 0.25) is 18.1 Å². The first-order chi connectivity index (χ1) is 13.1. The van der Waals surface area contributed by atoms with Gasteiger partial charge in [0.05, 0.1) is 12.3 Å². The number of pyridine rings is 1. The molecule has 0 aromatic carbocycles. The van der Waals surface area contributed by atoms with E-state index in [0.717, 1.165) is 28.1 Å². The monoisotopic (exact) mass is 397 g/mol. The number of hydrogen-bond donors (Lipinski definition) is 0. The molecule has 0 radical (unpaired) electrons. The third kappa shape index (κ3) is 3.41. The number of nitrogens with zero attached hydrogens (tertiary/aromatic N) is 5. The molecule has 0 atom stereocenters. The number of imidazole rings is 1. The molecule has 0 saturated heterocycles. The Morgan fingerprint density at radius 3 is 2.57 bits per heavy atom. The molecule has 3 heterocycles. The predicted molar refractivity (Wildman–Crippen MR) is 115 cm³/mol. The summed E-state index contributed by atoms with van der Waals surface area (Å²) >= 11 is 0. The quantitative estimate of drug-likeness (QED) is 0.582. The summed E-state index contributed by atoms with van der Waals surface area (Å²) in [6, 6.07) is 2.17. The maximum absolute atomic E-state index is 6.51. The van der Waals surface area contributed by atoms with Gasteiger partial charge in [-0.2, -0.15) is 5.10 Å². The second-order valence-electron chi connectivity index (χ2n) is 9.59. The highest BCUT2D eigenvalue weighted by molar-refractivity contribution is 6.74. The standard InChI is InChI=1S/C21H31N5OSi/c1-21(2,3)28(6,7)27-13-17-16(10-15-12-25(4)24-19(15)23-17)20-22-11-18(26(20)5)14-8-9-14/h10-12,14H,8-9,13H2,1-7H3. The van der Waals surface area contributed by atoms with Crippen molar-refractivity contribution in [2.45, 2.75) is 64.3 Å². The van der Waals surface area contributed by atoms with Gasteiger partial charge in [-0.3, -0.25) is 4.68 Å². The Balaban J connectivity index is 1.77. The van der Waals surface area contributed by atoms with E-state index in [1.807, 2.05) is 24.1 Å². The molecule has 1 aliphatic rings. The van der Waals surface area contributed by atoms with Crippen molar-refractivity contribution >= 4 is 19.4 Å². The van der Waals surface area contributed by atoms with Gasteiger partial charge >= 0.3 is 0 Å². The summed E-state index contributed by atoms with van der Waals surface area (Å²) in [5.41, 5.74) is 4.05. The lowest BCUT2D eigenvalue weighted by atomic mass is 10.1. The SMILES string of the molecule is Cn1cc2cc(-c3ncc(C4CC4)n3C)c(CO[Si](C)(C)C(C)(C)C)nc2n1. The van der Waals surface area contributed by atoms with Crippen LogP contribution >= 0.6 is 0 Å². The van der Waals surface area contributed by atoms with Gasteiger partial charge in [-0.05, 0) is 37.0 Å². The molecule has 0 amide bonds. The lowest BCUT2D eigenvalue weighted by molar-refractivity contribution is 0.273. The molecule has 4 rings (SSSR count).